The predicted molar refractivity (Wildman–Crippen MR) is 311 cm³/mol. The molecule has 13 atom stereocenters. The van der Waals surface area contributed by atoms with Crippen molar-refractivity contribution < 1.29 is 48.7 Å². The van der Waals surface area contributed by atoms with E-state index in [2.05, 4.69) is 80.1 Å². The summed E-state index contributed by atoms with van der Waals surface area (Å²) in [5.41, 5.74) is 2.11. The number of fused-ring (bicyclic) bond motifs is 11. The van der Waals surface area contributed by atoms with E-state index in [0.717, 1.165) is 78.7 Å². The highest BCUT2D eigenvalue weighted by Gasteiger charge is 2.80. The van der Waals surface area contributed by atoms with E-state index in [1.165, 1.54) is 49.7 Å². The van der Waals surface area contributed by atoms with Crippen molar-refractivity contribution in [1.82, 2.24) is 24.7 Å². The average Bonchev–Trinajstić information content (AvgIpc) is 2.23. The van der Waals surface area contributed by atoms with Gasteiger partial charge in [0.2, 0.25) is 5.60 Å². The van der Waals surface area contributed by atoms with Crippen LogP contribution in [-0.2, 0) is 58.7 Å². The Hall–Kier alpha value is -5.75. The second kappa shape index (κ2) is 20.5. The molecule has 2 aromatic heterocycles. The summed E-state index contributed by atoms with van der Waals surface area (Å²) in [5.74, 6) is -0.941. The minimum Gasteiger partial charge on any atom is -0.496 e. The number of aromatic amines is 2. The lowest BCUT2D eigenvalue weighted by Gasteiger charge is -2.63. The molecule has 1 saturated carbocycles. The number of nitrogens with one attached hydrogen (secondary N) is 2. The molecule has 2 unspecified atom stereocenters. The summed E-state index contributed by atoms with van der Waals surface area (Å²) in [6, 6.07) is 19.6. The Morgan fingerprint density at radius 3 is 1.99 bits per heavy atom. The van der Waals surface area contributed by atoms with Crippen LogP contribution in [0.15, 0.2) is 72.8 Å². The van der Waals surface area contributed by atoms with Crippen molar-refractivity contribution in [3.05, 3.63) is 106 Å². The molecule has 4 bridgehead atoms. The molecule has 8 aliphatic rings. The van der Waals surface area contributed by atoms with Gasteiger partial charge in [-0.25, -0.2) is 4.79 Å². The van der Waals surface area contributed by atoms with E-state index in [4.69, 9.17) is 18.9 Å². The van der Waals surface area contributed by atoms with Crippen molar-refractivity contribution in [3.8, 4) is 5.75 Å². The fraction of sp³-hybridized carbons (Fsp3) is 0.585. The van der Waals surface area contributed by atoms with Crippen LogP contribution in [0.3, 0.4) is 0 Å². The third kappa shape index (κ3) is 8.44. The van der Waals surface area contributed by atoms with Crippen LogP contribution in [0.2, 0.25) is 0 Å². The molecule has 1 aliphatic carbocycles. The van der Waals surface area contributed by atoms with Crippen molar-refractivity contribution in [2.24, 2.45) is 17.3 Å². The number of anilines is 1. The largest absolute Gasteiger partial charge is 0.496 e. The summed E-state index contributed by atoms with van der Waals surface area (Å²) in [5, 5.41) is 38.5. The number of hydrogen-bond acceptors (Lipinski definition) is 14. The standard InChI is InChI=1S/C46H58N4O9.C19H26N2O/c1-8-42(54)23-28-24-45(40(52)57-6,36-30(15-19-49(25-28)26-42)29-13-10-11-14-33(29)47-36)32-21-31-34(22-35(32)56-5)48(4)38-44(31)17-20-50-18-12-16-43(9-2,37(44)50)39(59-27(3)51)46(38,55)41(53)58-7;1-2-19(22)11-14-7-8-18-16(9-10-21(12-14)13-19)15-5-3-4-6-17(15)20-18/h10-14,16,21-22,28,37-39,47,54-55H,8-9,15,17-20,23-26H2,1-7H3;3-6,14,20,22H,2,7-13H2,1H3/t28-,37-,38+,39+,42-,43+,44+,45-,46-;14-,19+/m01/s1. The average molecular weight is 1110 g/mol. The summed E-state index contributed by atoms with van der Waals surface area (Å²) in [7, 11) is 6.15. The lowest BCUT2D eigenvalue weighted by Crippen LogP contribution is -2.81. The van der Waals surface area contributed by atoms with Crippen LogP contribution in [0.25, 0.3) is 21.8 Å². The maximum atomic E-state index is 15.3. The Morgan fingerprint density at radius 2 is 1.35 bits per heavy atom. The zero-order chi connectivity index (χ0) is 57.0. The zero-order valence-electron chi connectivity index (χ0n) is 48.7. The summed E-state index contributed by atoms with van der Waals surface area (Å²) in [4.78, 5) is 59.3. The topological polar surface area (TPSA) is 193 Å². The number of likely N-dealkylation sites (N-methyl/N-ethyl adjacent to an activating group) is 1. The lowest BCUT2D eigenvalue weighted by atomic mass is 9.47. The molecule has 0 amide bonds. The molecule has 9 heterocycles. The van der Waals surface area contributed by atoms with Gasteiger partial charge in [-0.15, -0.1) is 0 Å². The molecule has 16 nitrogen and oxygen atoms in total. The minimum atomic E-state index is -2.30. The molecule has 7 aliphatic heterocycles. The predicted octanol–water partition coefficient (Wildman–Crippen LogP) is 7.11. The van der Waals surface area contributed by atoms with Crippen LogP contribution in [0.5, 0.6) is 5.75 Å². The molecule has 434 valence electrons. The van der Waals surface area contributed by atoms with Gasteiger partial charge in [0, 0.05) is 127 Å². The Morgan fingerprint density at radius 1 is 0.716 bits per heavy atom. The summed E-state index contributed by atoms with van der Waals surface area (Å²) in [6.45, 7) is 13.8. The van der Waals surface area contributed by atoms with E-state index >= 15 is 4.79 Å². The number of carbonyl (C=O) groups excluding carboxylic acids is 3. The summed E-state index contributed by atoms with van der Waals surface area (Å²) < 4.78 is 23.9. The first-order chi connectivity index (χ1) is 38.9. The zero-order valence-corrected chi connectivity index (χ0v) is 48.7. The van der Waals surface area contributed by atoms with E-state index in [0.29, 0.717) is 88.5 Å². The first-order valence-corrected chi connectivity index (χ1v) is 29.9. The monoisotopic (exact) mass is 1110 g/mol. The van der Waals surface area contributed by atoms with E-state index < -0.39 is 63.1 Å². The fourth-order valence-electron chi connectivity index (χ4n) is 18.0. The third-order valence-corrected chi connectivity index (χ3v) is 21.3. The van der Waals surface area contributed by atoms with Gasteiger partial charge in [0.25, 0.3) is 0 Å². The number of methoxy groups -OCH3 is 3. The third-order valence-electron chi connectivity index (χ3n) is 21.3. The van der Waals surface area contributed by atoms with Crippen LogP contribution in [0, 0.1) is 17.3 Å². The molecule has 1 spiro atoms. The molecule has 16 heteroatoms. The van der Waals surface area contributed by atoms with E-state index in [1.807, 2.05) is 50.1 Å². The van der Waals surface area contributed by atoms with Crippen molar-refractivity contribution in [1.29, 1.82) is 0 Å². The smallest absolute Gasteiger partial charge is 0.344 e. The van der Waals surface area contributed by atoms with Gasteiger partial charge in [0.05, 0.1) is 38.6 Å². The second-order valence-electron chi connectivity index (χ2n) is 25.5. The maximum absolute atomic E-state index is 15.3. The number of aliphatic hydroxyl groups is 3. The maximum Gasteiger partial charge on any atom is 0.344 e. The van der Waals surface area contributed by atoms with Crippen molar-refractivity contribution in [3.63, 3.8) is 0 Å². The second-order valence-corrected chi connectivity index (χ2v) is 25.5. The molecular formula is C65H84N6O10. The molecule has 4 fully saturated rings. The molecule has 81 heavy (non-hydrogen) atoms. The van der Waals surface area contributed by atoms with E-state index in [9.17, 15) is 24.9 Å². The van der Waals surface area contributed by atoms with Gasteiger partial charge < -0.3 is 49.1 Å². The number of piperidine rings is 2. The van der Waals surface area contributed by atoms with Gasteiger partial charge in [-0.3, -0.25) is 24.3 Å². The first kappa shape index (κ1) is 55.8. The highest BCUT2D eigenvalue weighted by Crippen LogP contribution is 2.68. The highest BCUT2D eigenvalue weighted by molar-refractivity contribution is 5.95. The molecule has 3 aromatic carbocycles. The quantitative estimate of drug-likeness (QED) is 0.0600. The number of aromatic nitrogens is 2. The van der Waals surface area contributed by atoms with Gasteiger partial charge in [-0.05, 0) is 124 Å². The Kier molecular flexibility index (Phi) is 14.1. The van der Waals surface area contributed by atoms with E-state index in [-0.39, 0.29) is 12.0 Å². The normalized spacial score (nSPS) is 35.6. The van der Waals surface area contributed by atoms with Gasteiger partial charge in [-0.2, -0.15) is 0 Å². The summed E-state index contributed by atoms with van der Waals surface area (Å²) in [6.07, 6.45) is 11.2. The number of aryl methyl sites for hydroxylation is 1. The van der Waals surface area contributed by atoms with Gasteiger partial charge in [0.15, 0.2) is 6.10 Å². The number of H-pyrrole nitrogens is 2. The Balaban J connectivity index is 0.000000246. The molecule has 5 aromatic rings. The fourth-order valence-corrected chi connectivity index (χ4v) is 18.0. The van der Waals surface area contributed by atoms with Crippen LogP contribution in [0.1, 0.15) is 113 Å². The van der Waals surface area contributed by atoms with Crippen molar-refractivity contribution in [2.45, 2.75) is 144 Å². The number of carbonyl (C=O) groups is 3. The van der Waals surface area contributed by atoms with Gasteiger partial charge in [0.1, 0.15) is 11.2 Å². The Bertz CT molecular complexity index is 3300. The van der Waals surface area contributed by atoms with Gasteiger partial charge in [-0.1, -0.05) is 69.3 Å². The number of nitrogens with zero attached hydrogens (tertiary/aromatic N) is 4. The Labute approximate surface area is 476 Å². The van der Waals surface area contributed by atoms with Crippen LogP contribution in [-0.4, -0.2) is 174 Å². The SMILES string of the molecule is CC[C@]1(O)C[C@@H]2CN(CCc3c([nH]c4ccccc34)[C@@](C(=O)OC)(c3cc4c(cc3OC)N(C)[C@H]3[C@@](O)(C(=O)OC)[C@H](OC(C)=O)[C@]5(CC)C=CCN6CC[C@]43[C@@H]65)C2)C1.CC[C@]1(O)C[C@H]2CCc3[nH]c4ccccc4c3CCN(C2)C1. The van der Waals surface area contributed by atoms with Crippen molar-refractivity contribution in [2.75, 3.05) is 85.6 Å². The number of para-hydroxylation sites is 2. The van der Waals surface area contributed by atoms with E-state index in [1.54, 1.807) is 7.11 Å². The molecule has 0 radical (unpaired) electrons. The van der Waals surface area contributed by atoms with Crippen LogP contribution >= 0.6 is 0 Å². The lowest BCUT2D eigenvalue weighted by molar-refractivity contribution is -0.228. The molecule has 5 N–H and O–H groups in total. The van der Waals surface area contributed by atoms with Crippen LogP contribution < -0.4 is 9.64 Å². The molecule has 3 saturated heterocycles. The summed E-state index contributed by atoms with van der Waals surface area (Å²) >= 11 is 0. The first-order valence-electron chi connectivity index (χ1n) is 29.9. The molecule has 13 rings (SSSR count). The van der Waals surface area contributed by atoms with Crippen molar-refractivity contribution >= 4 is 45.4 Å². The number of hydrogen-bond donors (Lipinski definition) is 5. The minimum absolute atomic E-state index is 0.0986. The number of ether oxygens (including phenoxy) is 4. The van der Waals surface area contributed by atoms with Crippen LogP contribution in [0.4, 0.5) is 5.69 Å². The number of rotatable bonds is 8. The number of esters is 3. The highest BCUT2D eigenvalue weighted by atomic mass is 16.6. The molecular weight excluding hydrogens is 1020 g/mol. The number of benzene rings is 3. The van der Waals surface area contributed by atoms with Gasteiger partial charge >= 0.3 is 17.9 Å².